The minimum atomic E-state index is -0.389. The molecule has 0 saturated carbocycles. The standard InChI is InChI=1S/C17H16ClFO/c1-11-3-4-12(2)15(9-11)16(10-17(18)20)13-5-7-14(19)8-6-13/h3-9,16H,10H2,1-2H3. The lowest BCUT2D eigenvalue weighted by Crippen LogP contribution is -2.07. The second-order valence-corrected chi connectivity index (χ2v) is 5.44. The number of hydrogen-bond donors (Lipinski definition) is 0. The molecule has 2 aromatic rings. The second kappa shape index (κ2) is 6.19. The van der Waals surface area contributed by atoms with Crippen molar-refractivity contribution in [1.82, 2.24) is 0 Å². The van der Waals surface area contributed by atoms with Gasteiger partial charge >= 0.3 is 0 Å². The summed E-state index contributed by atoms with van der Waals surface area (Å²) in [4.78, 5) is 11.4. The maximum atomic E-state index is 13.1. The number of benzene rings is 2. The minimum Gasteiger partial charge on any atom is -0.281 e. The first-order chi connectivity index (χ1) is 9.47. The molecule has 0 aliphatic carbocycles. The van der Waals surface area contributed by atoms with Crippen molar-refractivity contribution in [2.45, 2.75) is 26.2 Å². The Hall–Kier alpha value is -1.67. The van der Waals surface area contributed by atoms with Crippen LogP contribution in [0.1, 0.15) is 34.6 Å². The van der Waals surface area contributed by atoms with Crippen LogP contribution in [0.2, 0.25) is 0 Å². The largest absolute Gasteiger partial charge is 0.281 e. The molecule has 104 valence electrons. The van der Waals surface area contributed by atoms with E-state index in [1.807, 2.05) is 26.0 Å². The molecule has 0 aliphatic heterocycles. The molecule has 0 saturated heterocycles. The summed E-state index contributed by atoms with van der Waals surface area (Å²) in [6.07, 6.45) is 0.206. The van der Waals surface area contributed by atoms with Crippen LogP contribution in [0, 0.1) is 19.7 Å². The van der Waals surface area contributed by atoms with E-state index in [0.717, 1.165) is 22.3 Å². The van der Waals surface area contributed by atoms with E-state index in [-0.39, 0.29) is 23.4 Å². The Balaban J connectivity index is 2.49. The molecule has 0 aromatic heterocycles. The number of carbonyl (C=O) groups excluding carboxylic acids is 1. The monoisotopic (exact) mass is 290 g/mol. The molecule has 1 atom stereocenters. The molecule has 0 aliphatic rings. The van der Waals surface area contributed by atoms with Crippen LogP contribution in [0.5, 0.6) is 0 Å². The Morgan fingerprint density at radius 2 is 1.80 bits per heavy atom. The highest BCUT2D eigenvalue weighted by Gasteiger charge is 2.19. The van der Waals surface area contributed by atoms with E-state index in [1.54, 1.807) is 12.1 Å². The van der Waals surface area contributed by atoms with Gasteiger partial charge in [0.1, 0.15) is 5.82 Å². The molecule has 0 N–H and O–H groups in total. The SMILES string of the molecule is Cc1ccc(C)c(C(CC(=O)Cl)c2ccc(F)cc2)c1. The quantitative estimate of drug-likeness (QED) is 0.744. The summed E-state index contributed by atoms with van der Waals surface area (Å²) in [5.74, 6) is -0.425. The highest BCUT2D eigenvalue weighted by molar-refractivity contribution is 6.63. The lowest BCUT2D eigenvalue weighted by molar-refractivity contribution is -0.111. The first-order valence-electron chi connectivity index (χ1n) is 6.48. The van der Waals surface area contributed by atoms with Gasteiger partial charge in [0, 0.05) is 12.3 Å². The molecule has 20 heavy (non-hydrogen) atoms. The Morgan fingerprint density at radius 1 is 1.15 bits per heavy atom. The third-order valence-electron chi connectivity index (χ3n) is 3.45. The number of halogens is 2. The van der Waals surface area contributed by atoms with Gasteiger partial charge in [0.2, 0.25) is 5.24 Å². The number of carbonyl (C=O) groups is 1. The van der Waals surface area contributed by atoms with Gasteiger partial charge in [-0.15, -0.1) is 0 Å². The van der Waals surface area contributed by atoms with E-state index < -0.39 is 0 Å². The van der Waals surface area contributed by atoms with Gasteiger partial charge in [-0.1, -0.05) is 35.9 Å². The summed E-state index contributed by atoms with van der Waals surface area (Å²) in [5, 5.41) is -0.389. The van der Waals surface area contributed by atoms with Crippen molar-refractivity contribution < 1.29 is 9.18 Å². The number of aryl methyl sites for hydroxylation is 2. The number of hydrogen-bond acceptors (Lipinski definition) is 1. The van der Waals surface area contributed by atoms with E-state index in [2.05, 4.69) is 6.07 Å². The molecule has 0 fully saturated rings. The molecule has 2 aromatic carbocycles. The maximum Gasteiger partial charge on any atom is 0.222 e. The molecule has 0 heterocycles. The molecule has 0 bridgehead atoms. The topological polar surface area (TPSA) is 17.1 Å². The zero-order valence-electron chi connectivity index (χ0n) is 11.5. The fourth-order valence-electron chi connectivity index (χ4n) is 2.40. The highest BCUT2D eigenvalue weighted by Crippen LogP contribution is 2.31. The van der Waals surface area contributed by atoms with Gasteiger partial charge in [-0.3, -0.25) is 4.79 Å². The van der Waals surface area contributed by atoms with Crippen molar-refractivity contribution in [2.24, 2.45) is 0 Å². The fraction of sp³-hybridized carbons (Fsp3) is 0.235. The molecular weight excluding hydrogens is 275 g/mol. The smallest absolute Gasteiger partial charge is 0.222 e. The van der Waals surface area contributed by atoms with Crippen molar-refractivity contribution in [2.75, 3.05) is 0 Å². The molecule has 3 heteroatoms. The van der Waals surface area contributed by atoms with Gasteiger partial charge in [-0.2, -0.15) is 0 Å². The zero-order chi connectivity index (χ0) is 14.7. The van der Waals surface area contributed by atoms with Crippen molar-refractivity contribution in [3.05, 3.63) is 70.5 Å². The van der Waals surface area contributed by atoms with E-state index in [0.29, 0.717) is 0 Å². The van der Waals surface area contributed by atoms with Gasteiger partial charge in [0.25, 0.3) is 0 Å². The Morgan fingerprint density at radius 3 is 2.40 bits per heavy atom. The average molecular weight is 291 g/mol. The first-order valence-corrected chi connectivity index (χ1v) is 6.86. The average Bonchev–Trinajstić information content (AvgIpc) is 2.40. The third kappa shape index (κ3) is 3.45. The van der Waals surface area contributed by atoms with Crippen LogP contribution >= 0.6 is 11.6 Å². The molecule has 1 nitrogen and oxygen atoms in total. The minimum absolute atomic E-state index is 0.138. The van der Waals surface area contributed by atoms with Crippen molar-refractivity contribution in [1.29, 1.82) is 0 Å². The summed E-state index contributed by atoms with van der Waals surface area (Å²) in [6, 6.07) is 12.4. The Kier molecular flexibility index (Phi) is 4.56. The van der Waals surface area contributed by atoms with Crippen LogP contribution in [0.3, 0.4) is 0 Å². The summed E-state index contributed by atoms with van der Waals surface area (Å²) in [7, 11) is 0. The fourth-order valence-corrected chi connectivity index (χ4v) is 2.55. The predicted octanol–water partition coefficient (Wildman–Crippen LogP) is 4.73. The van der Waals surface area contributed by atoms with Crippen LogP contribution < -0.4 is 0 Å². The van der Waals surface area contributed by atoms with Gasteiger partial charge in [-0.05, 0) is 54.3 Å². The van der Waals surface area contributed by atoms with Crippen molar-refractivity contribution in [3.63, 3.8) is 0 Å². The summed E-state index contributed by atoms with van der Waals surface area (Å²) < 4.78 is 13.1. The van der Waals surface area contributed by atoms with Crippen LogP contribution in [0.4, 0.5) is 4.39 Å². The highest BCUT2D eigenvalue weighted by atomic mass is 35.5. The molecule has 1 unspecified atom stereocenters. The first kappa shape index (κ1) is 14.7. The van der Waals surface area contributed by atoms with Gasteiger partial charge in [-0.25, -0.2) is 4.39 Å². The number of rotatable bonds is 4. The van der Waals surface area contributed by atoms with E-state index in [4.69, 9.17) is 11.6 Å². The molecule has 0 radical (unpaired) electrons. The van der Waals surface area contributed by atoms with Crippen LogP contribution in [0.15, 0.2) is 42.5 Å². The Bertz CT molecular complexity index is 619. The summed E-state index contributed by atoms with van der Waals surface area (Å²) in [5.41, 5.74) is 4.18. The van der Waals surface area contributed by atoms with Crippen molar-refractivity contribution in [3.8, 4) is 0 Å². The summed E-state index contributed by atoms with van der Waals surface area (Å²) in [6.45, 7) is 4.01. The third-order valence-corrected chi connectivity index (χ3v) is 3.60. The molecular formula is C17H16ClFO. The van der Waals surface area contributed by atoms with E-state index in [1.165, 1.54) is 12.1 Å². The van der Waals surface area contributed by atoms with E-state index >= 15 is 0 Å². The second-order valence-electron chi connectivity index (χ2n) is 5.02. The van der Waals surface area contributed by atoms with Crippen molar-refractivity contribution >= 4 is 16.8 Å². The van der Waals surface area contributed by atoms with Crippen LogP contribution in [-0.4, -0.2) is 5.24 Å². The van der Waals surface area contributed by atoms with E-state index in [9.17, 15) is 9.18 Å². The lowest BCUT2D eigenvalue weighted by atomic mass is 9.85. The van der Waals surface area contributed by atoms with Gasteiger partial charge < -0.3 is 0 Å². The summed E-state index contributed by atoms with van der Waals surface area (Å²) >= 11 is 5.58. The maximum absolute atomic E-state index is 13.1. The van der Waals surface area contributed by atoms with Crippen LogP contribution in [-0.2, 0) is 4.79 Å². The normalized spacial score (nSPS) is 12.2. The lowest BCUT2D eigenvalue weighted by Gasteiger charge is -2.19. The van der Waals surface area contributed by atoms with Gasteiger partial charge in [0.05, 0.1) is 0 Å². The van der Waals surface area contributed by atoms with Crippen LogP contribution in [0.25, 0.3) is 0 Å². The zero-order valence-corrected chi connectivity index (χ0v) is 12.2. The molecule has 0 amide bonds. The Labute approximate surface area is 123 Å². The molecule has 0 spiro atoms. The molecule has 2 rings (SSSR count). The van der Waals surface area contributed by atoms with Gasteiger partial charge in [0.15, 0.2) is 0 Å². The predicted molar refractivity (Wildman–Crippen MR) is 79.6 cm³/mol.